The molecule has 5 aliphatic rings. The van der Waals surface area contributed by atoms with Crippen molar-refractivity contribution in [2.24, 2.45) is 5.92 Å². The van der Waals surface area contributed by atoms with Crippen LogP contribution in [0.2, 0.25) is 0 Å². The van der Waals surface area contributed by atoms with Crippen molar-refractivity contribution in [2.45, 2.75) is 76.9 Å². The molecule has 1 aliphatic carbocycles. The molecule has 2 N–H and O–H groups in total. The highest BCUT2D eigenvalue weighted by molar-refractivity contribution is 7.22. The maximum absolute atomic E-state index is 13.7. The van der Waals surface area contributed by atoms with Gasteiger partial charge < -0.3 is 34.1 Å². The largest absolute Gasteiger partial charge is 0.496 e. The topological polar surface area (TPSA) is 159 Å². The molecule has 2 aromatic heterocycles. The summed E-state index contributed by atoms with van der Waals surface area (Å²) in [7, 11) is 1.60. The lowest BCUT2D eigenvalue weighted by Crippen LogP contribution is -2.52. The van der Waals surface area contributed by atoms with Crippen LogP contribution in [-0.4, -0.2) is 114 Å². The van der Waals surface area contributed by atoms with E-state index in [1.54, 1.807) is 36.4 Å². The van der Waals surface area contributed by atoms with Gasteiger partial charge in [0.1, 0.15) is 29.4 Å². The Morgan fingerprint density at radius 3 is 2.47 bits per heavy atom. The van der Waals surface area contributed by atoms with E-state index in [2.05, 4.69) is 25.3 Å². The lowest BCUT2D eigenvalue weighted by atomic mass is 9.95. The molecular weight excluding hydrogens is 792 g/mol. The van der Waals surface area contributed by atoms with Gasteiger partial charge in [0.25, 0.3) is 17.4 Å². The number of hydrogen-bond donors (Lipinski definition) is 2. The summed E-state index contributed by atoms with van der Waals surface area (Å²) in [5.41, 5.74) is 2.95. The third-order valence-electron chi connectivity index (χ3n) is 12.3. The number of halogens is 1. The number of amides is 4. The van der Waals surface area contributed by atoms with Gasteiger partial charge in [-0.3, -0.25) is 34.2 Å². The molecule has 3 atom stereocenters. The Hall–Kier alpha value is -5.55. The van der Waals surface area contributed by atoms with Crippen LogP contribution in [0.15, 0.2) is 47.4 Å². The predicted octanol–water partition coefficient (Wildman–Crippen LogP) is 4.59. The number of rotatable bonds is 11. The fourth-order valence-corrected chi connectivity index (χ4v) is 9.98. The van der Waals surface area contributed by atoms with Crippen LogP contribution in [0.3, 0.4) is 0 Å². The molecular formula is C43H49FN8O7S. The van der Waals surface area contributed by atoms with Gasteiger partial charge in [-0.1, -0.05) is 11.3 Å². The monoisotopic (exact) mass is 840 g/mol. The van der Waals surface area contributed by atoms with Crippen LogP contribution < -0.4 is 35.5 Å². The zero-order chi connectivity index (χ0) is 41.8. The second-order valence-corrected chi connectivity index (χ2v) is 17.7. The molecule has 4 aromatic rings. The third-order valence-corrected chi connectivity index (χ3v) is 13.4. The van der Waals surface area contributed by atoms with Crippen molar-refractivity contribution < 1.29 is 33.0 Å². The maximum atomic E-state index is 13.7. The number of piperidine rings is 2. The first-order chi connectivity index (χ1) is 28.9. The molecule has 2 aromatic carbocycles. The summed E-state index contributed by atoms with van der Waals surface area (Å²) < 4.78 is 27.7. The summed E-state index contributed by atoms with van der Waals surface area (Å²) in [6.07, 6.45) is 3.15. The van der Waals surface area contributed by atoms with E-state index in [-0.39, 0.29) is 36.6 Å². The van der Waals surface area contributed by atoms with Gasteiger partial charge in [-0.05, 0) is 63.3 Å². The molecule has 4 fully saturated rings. The molecule has 1 saturated carbocycles. The van der Waals surface area contributed by atoms with E-state index in [0.717, 1.165) is 85.3 Å². The summed E-state index contributed by atoms with van der Waals surface area (Å²) in [5.74, 6) is 0.127. The number of imide groups is 1. The average Bonchev–Trinajstić information content (AvgIpc) is 3.65. The number of benzene rings is 2. The van der Waals surface area contributed by atoms with Crippen molar-refractivity contribution in [3.05, 3.63) is 69.6 Å². The number of nitrogens with one attached hydrogen (secondary N) is 2. The first-order valence-electron chi connectivity index (χ1n) is 20.8. The van der Waals surface area contributed by atoms with Crippen molar-refractivity contribution in [3.63, 3.8) is 0 Å². The molecule has 4 aliphatic heterocycles. The van der Waals surface area contributed by atoms with Gasteiger partial charge in [0.15, 0.2) is 5.13 Å². The Morgan fingerprint density at radius 1 is 1.00 bits per heavy atom. The van der Waals surface area contributed by atoms with E-state index in [4.69, 9.17) is 14.5 Å². The predicted molar refractivity (Wildman–Crippen MR) is 225 cm³/mol. The van der Waals surface area contributed by atoms with Gasteiger partial charge >= 0.3 is 0 Å². The Balaban J connectivity index is 0.807. The minimum Gasteiger partial charge on any atom is -0.496 e. The zero-order valence-corrected chi connectivity index (χ0v) is 34.8. The van der Waals surface area contributed by atoms with Crippen molar-refractivity contribution in [1.82, 2.24) is 24.7 Å². The highest BCUT2D eigenvalue weighted by Gasteiger charge is 2.42. The number of thiazole rings is 1. The van der Waals surface area contributed by atoms with E-state index in [1.165, 1.54) is 22.0 Å². The summed E-state index contributed by atoms with van der Waals surface area (Å²) in [6.45, 7) is 10.2. The molecule has 60 heavy (non-hydrogen) atoms. The molecule has 4 amide bonds. The third kappa shape index (κ3) is 7.80. The number of pyridine rings is 1. The highest BCUT2D eigenvalue weighted by atomic mass is 32.1. The number of fused-ring (bicyclic) bond motifs is 2. The van der Waals surface area contributed by atoms with Crippen LogP contribution in [0.25, 0.3) is 10.2 Å². The smallest absolute Gasteiger partial charge is 0.274 e. The Bertz CT molecular complexity index is 2420. The number of carbonyl (C=O) groups is 4. The quantitative estimate of drug-likeness (QED) is 0.204. The van der Waals surface area contributed by atoms with Crippen LogP contribution in [0.5, 0.6) is 11.5 Å². The molecule has 3 saturated heterocycles. The van der Waals surface area contributed by atoms with Gasteiger partial charge in [0.2, 0.25) is 11.8 Å². The first kappa shape index (κ1) is 39.9. The van der Waals surface area contributed by atoms with Crippen LogP contribution in [0.1, 0.15) is 78.3 Å². The van der Waals surface area contributed by atoms with Crippen molar-refractivity contribution in [1.29, 1.82) is 0 Å². The van der Waals surface area contributed by atoms with Crippen LogP contribution in [0.4, 0.5) is 20.9 Å². The number of hydrogen-bond acceptors (Lipinski definition) is 12. The highest BCUT2D eigenvalue weighted by Crippen LogP contribution is 2.40. The Morgan fingerprint density at radius 2 is 1.77 bits per heavy atom. The SMILES string of the molecule is COc1cc(N2CCC(CN3CCN(c4nc5cc(OC(C)C)c(C(=O)Nc6cccn([C@H]7C[C@H]7F)c6=O)cc5s4)CC3)CC2)cc2c1CN(C1CCC(=O)NC1=O)C2=O. The number of aromatic nitrogens is 2. The number of methoxy groups -OCH3 is 1. The summed E-state index contributed by atoms with van der Waals surface area (Å²) in [5, 5.41) is 5.99. The molecule has 0 bridgehead atoms. The molecule has 15 nitrogen and oxygen atoms in total. The maximum Gasteiger partial charge on any atom is 0.274 e. The molecule has 17 heteroatoms. The lowest BCUT2D eigenvalue weighted by molar-refractivity contribution is -0.136. The van der Waals surface area contributed by atoms with E-state index in [0.29, 0.717) is 41.4 Å². The standard InChI is InChI=1S/C43H49FN8O7S/c1-24(2)59-36-21-32-37(19-28(36)39(54)45-31-5-4-10-51(42(31)57)34-20-30(34)44)60-43(46-32)50-15-13-48(14-16-50)22-25-8-11-49(12-9-25)26-17-27-29(35(18-26)58-3)23-52(41(27)56)33-6-7-38(53)47-40(33)55/h4-5,10,17-19,21,24-25,30,33-34H,6-9,11-16,20,22-23H2,1-3H3,(H,45,54)(H,47,53,55)/t30-,33?,34+/m1/s1. The van der Waals surface area contributed by atoms with Gasteiger partial charge in [-0.2, -0.15) is 0 Å². The fourth-order valence-electron chi connectivity index (χ4n) is 8.94. The minimum atomic E-state index is -1.05. The molecule has 0 radical (unpaired) electrons. The van der Waals surface area contributed by atoms with Gasteiger partial charge in [-0.15, -0.1) is 0 Å². The summed E-state index contributed by atoms with van der Waals surface area (Å²) >= 11 is 1.52. The van der Waals surface area contributed by atoms with Crippen molar-refractivity contribution in [2.75, 3.05) is 68.0 Å². The number of alkyl halides is 1. The van der Waals surface area contributed by atoms with E-state index < -0.39 is 35.6 Å². The first-order valence-corrected chi connectivity index (χ1v) is 21.6. The van der Waals surface area contributed by atoms with Crippen molar-refractivity contribution in [3.8, 4) is 11.5 Å². The average molecular weight is 841 g/mol. The van der Waals surface area contributed by atoms with E-state index in [9.17, 15) is 28.4 Å². The molecule has 1 unspecified atom stereocenters. The second kappa shape index (κ2) is 16.1. The minimum absolute atomic E-state index is 0.0876. The van der Waals surface area contributed by atoms with Gasteiger partial charge in [0, 0.05) is 88.2 Å². The normalized spacial score (nSPS) is 22.4. The fraction of sp³-hybridized carbons (Fsp3) is 0.488. The Labute approximate surface area is 350 Å². The van der Waals surface area contributed by atoms with E-state index >= 15 is 0 Å². The summed E-state index contributed by atoms with van der Waals surface area (Å²) in [6, 6.07) is 9.50. The molecule has 316 valence electrons. The molecule has 9 rings (SSSR count). The molecule has 6 heterocycles. The van der Waals surface area contributed by atoms with Crippen molar-refractivity contribution >= 4 is 61.7 Å². The second-order valence-electron chi connectivity index (χ2n) is 16.7. The number of nitrogens with zero attached hydrogens (tertiary/aromatic N) is 6. The van der Waals surface area contributed by atoms with E-state index in [1.807, 2.05) is 26.0 Å². The van der Waals surface area contributed by atoms with Crippen LogP contribution >= 0.6 is 11.3 Å². The molecule has 0 spiro atoms. The lowest BCUT2D eigenvalue weighted by Gasteiger charge is -2.39. The summed E-state index contributed by atoms with van der Waals surface area (Å²) in [4.78, 5) is 78.2. The zero-order valence-electron chi connectivity index (χ0n) is 33.9. The van der Waals surface area contributed by atoms with Gasteiger partial charge in [-0.25, -0.2) is 9.37 Å². The van der Waals surface area contributed by atoms with Crippen LogP contribution in [-0.2, 0) is 16.1 Å². The number of ether oxygens (including phenoxy) is 2. The van der Waals surface area contributed by atoms with Crippen LogP contribution in [0, 0.1) is 5.92 Å². The Kier molecular flexibility index (Phi) is 10.7. The number of piperazine rings is 1. The number of anilines is 3. The van der Waals surface area contributed by atoms with Gasteiger partial charge in [0.05, 0.1) is 47.1 Å². The number of carbonyl (C=O) groups excluding carboxylic acids is 4.